The number of aryl methyl sites for hydroxylation is 2. The Morgan fingerprint density at radius 2 is 2.15 bits per heavy atom. The Hall–Kier alpha value is -2.93. The van der Waals surface area contributed by atoms with Crippen LogP contribution in [0.15, 0.2) is 42.2 Å². The Balaban J connectivity index is 1.60. The number of fused-ring (bicyclic) bond motifs is 3. The molecule has 1 N–H and O–H groups in total. The molecule has 0 radical (unpaired) electrons. The summed E-state index contributed by atoms with van der Waals surface area (Å²) in [6.07, 6.45) is 6.33. The molecule has 4 aromatic rings. The molecule has 0 aliphatic carbocycles. The fourth-order valence-corrected chi connectivity index (χ4v) is 4.43. The van der Waals surface area contributed by atoms with Crippen molar-refractivity contribution in [1.82, 2.24) is 24.5 Å². The second-order valence-corrected chi connectivity index (χ2v) is 7.89. The van der Waals surface area contributed by atoms with Crippen LogP contribution in [0.5, 0.6) is 0 Å². The molecule has 27 heavy (non-hydrogen) atoms. The highest BCUT2D eigenvalue weighted by molar-refractivity contribution is 7.15. The molecule has 136 valence electrons. The van der Waals surface area contributed by atoms with Crippen LogP contribution in [0.3, 0.4) is 0 Å². The van der Waals surface area contributed by atoms with E-state index in [-0.39, 0.29) is 11.8 Å². The standard InChI is InChI=1S/C20H19N5OS/c1-12-3-4-15(7-13(12)2)25-11-14(9-22-25)16-8-18(26)21-10-17-19(16)24-5-6-27-20(24)23-17/h3-7,9,11,16H,8,10H2,1-2H3,(H,21,26)/t16-/m1/s1. The van der Waals surface area contributed by atoms with Crippen molar-refractivity contribution in [3.63, 3.8) is 0 Å². The number of hydrogen-bond donors (Lipinski definition) is 1. The fraction of sp³-hybridized carbons (Fsp3) is 0.250. The van der Waals surface area contributed by atoms with Crippen LogP contribution < -0.4 is 5.32 Å². The summed E-state index contributed by atoms with van der Waals surface area (Å²) in [5.41, 5.74) is 6.57. The van der Waals surface area contributed by atoms with Crippen LogP contribution in [0, 0.1) is 13.8 Å². The molecule has 0 saturated heterocycles. The molecular weight excluding hydrogens is 358 g/mol. The molecule has 1 atom stereocenters. The van der Waals surface area contributed by atoms with E-state index < -0.39 is 0 Å². The molecule has 6 nitrogen and oxygen atoms in total. The molecule has 1 aliphatic rings. The summed E-state index contributed by atoms with van der Waals surface area (Å²) in [4.78, 5) is 18.0. The van der Waals surface area contributed by atoms with Crippen LogP contribution in [-0.2, 0) is 11.3 Å². The summed E-state index contributed by atoms with van der Waals surface area (Å²) in [6, 6.07) is 6.31. The van der Waals surface area contributed by atoms with Crippen molar-refractivity contribution in [1.29, 1.82) is 0 Å². The summed E-state index contributed by atoms with van der Waals surface area (Å²) in [7, 11) is 0. The number of rotatable bonds is 2. The maximum atomic E-state index is 12.3. The van der Waals surface area contributed by atoms with E-state index >= 15 is 0 Å². The number of imidazole rings is 1. The van der Waals surface area contributed by atoms with Crippen molar-refractivity contribution in [3.05, 3.63) is 70.2 Å². The normalized spacial score (nSPS) is 17.0. The minimum Gasteiger partial charge on any atom is -0.350 e. The average molecular weight is 377 g/mol. The van der Waals surface area contributed by atoms with Crippen molar-refractivity contribution in [2.45, 2.75) is 32.7 Å². The SMILES string of the molecule is Cc1ccc(-n2cc([C@H]3CC(=O)NCc4nc5sccn5c43)cn2)cc1C. The lowest BCUT2D eigenvalue weighted by molar-refractivity contribution is -0.121. The highest BCUT2D eigenvalue weighted by atomic mass is 32.1. The van der Waals surface area contributed by atoms with Gasteiger partial charge in [-0.25, -0.2) is 9.67 Å². The number of carbonyl (C=O) groups is 1. The molecule has 5 rings (SSSR count). The number of benzene rings is 1. The molecule has 1 aromatic carbocycles. The largest absolute Gasteiger partial charge is 0.350 e. The third kappa shape index (κ3) is 2.66. The van der Waals surface area contributed by atoms with E-state index in [0.29, 0.717) is 13.0 Å². The number of amides is 1. The summed E-state index contributed by atoms with van der Waals surface area (Å²) in [5, 5.41) is 9.56. The molecule has 0 spiro atoms. The van der Waals surface area contributed by atoms with Gasteiger partial charge in [-0.1, -0.05) is 6.07 Å². The second-order valence-electron chi connectivity index (χ2n) is 7.02. The van der Waals surface area contributed by atoms with Crippen molar-refractivity contribution >= 4 is 22.2 Å². The molecule has 0 bridgehead atoms. The molecule has 0 fully saturated rings. The number of thiazole rings is 1. The predicted octanol–water partition coefficient (Wildman–Crippen LogP) is 3.35. The first-order chi connectivity index (χ1) is 13.1. The number of nitrogens with one attached hydrogen (secondary N) is 1. The predicted molar refractivity (Wildman–Crippen MR) is 104 cm³/mol. The van der Waals surface area contributed by atoms with E-state index in [4.69, 9.17) is 4.98 Å². The van der Waals surface area contributed by atoms with E-state index in [1.807, 2.05) is 28.7 Å². The molecule has 3 aromatic heterocycles. The summed E-state index contributed by atoms with van der Waals surface area (Å²) >= 11 is 1.61. The van der Waals surface area contributed by atoms with E-state index in [9.17, 15) is 4.79 Å². The van der Waals surface area contributed by atoms with Gasteiger partial charge < -0.3 is 5.32 Å². The van der Waals surface area contributed by atoms with Gasteiger partial charge in [0, 0.05) is 35.7 Å². The average Bonchev–Trinajstić information content (AvgIpc) is 3.34. The number of nitrogens with zero attached hydrogens (tertiary/aromatic N) is 4. The first-order valence-electron chi connectivity index (χ1n) is 8.93. The lowest BCUT2D eigenvalue weighted by Gasteiger charge is -2.12. The molecule has 7 heteroatoms. The summed E-state index contributed by atoms with van der Waals surface area (Å²) < 4.78 is 3.99. The molecular formula is C20H19N5OS. The Bertz CT molecular complexity index is 1170. The zero-order chi connectivity index (χ0) is 18.5. The minimum absolute atomic E-state index is 0.0425. The van der Waals surface area contributed by atoms with Gasteiger partial charge in [-0.15, -0.1) is 11.3 Å². The third-order valence-electron chi connectivity index (χ3n) is 5.31. The number of carbonyl (C=O) groups excluding carboxylic acids is 1. The van der Waals surface area contributed by atoms with Crippen molar-refractivity contribution in [2.24, 2.45) is 0 Å². The van der Waals surface area contributed by atoms with Gasteiger partial charge in [0.15, 0.2) is 4.96 Å². The van der Waals surface area contributed by atoms with Gasteiger partial charge in [-0.3, -0.25) is 9.20 Å². The lowest BCUT2D eigenvalue weighted by Crippen LogP contribution is -2.21. The molecule has 0 saturated carbocycles. The number of hydrogen-bond acceptors (Lipinski definition) is 4. The minimum atomic E-state index is -0.0626. The second kappa shape index (κ2) is 6.06. The topological polar surface area (TPSA) is 64.2 Å². The third-order valence-corrected chi connectivity index (χ3v) is 6.06. The Morgan fingerprint density at radius 3 is 3.00 bits per heavy atom. The Labute approximate surface area is 160 Å². The first kappa shape index (κ1) is 16.3. The van der Waals surface area contributed by atoms with Crippen LogP contribution in [0.4, 0.5) is 0 Å². The molecule has 1 amide bonds. The molecule has 0 unspecified atom stereocenters. The zero-order valence-electron chi connectivity index (χ0n) is 15.1. The van der Waals surface area contributed by atoms with E-state index in [1.165, 1.54) is 11.1 Å². The van der Waals surface area contributed by atoms with Gasteiger partial charge in [0.25, 0.3) is 0 Å². The van der Waals surface area contributed by atoms with Gasteiger partial charge in [-0.2, -0.15) is 5.10 Å². The van der Waals surface area contributed by atoms with Crippen molar-refractivity contribution < 1.29 is 4.79 Å². The number of aromatic nitrogens is 4. The van der Waals surface area contributed by atoms with E-state index in [1.54, 1.807) is 11.3 Å². The monoisotopic (exact) mass is 377 g/mol. The van der Waals surface area contributed by atoms with Gasteiger partial charge >= 0.3 is 0 Å². The van der Waals surface area contributed by atoms with Crippen LogP contribution in [-0.4, -0.2) is 25.1 Å². The van der Waals surface area contributed by atoms with Gasteiger partial charge in [0.05, 0.1) is 29.8 Å². The van der Waals surface area contributed by atoms with Gasteiger partial charge in [0.2, 0.25) is 5.91 Å². The van der Waals surface area contributed by atoms with Crippen molar-refractivity contribution in [3.8, 4) is 5.69 Å². The fourth-order valence-electron chi connectivity index (χ4n) is 3.69. The summed E-state index contributed by atoms with van der Waals surface area (Å²) in [5.74, 6) is -0.0201. The maximum Gasteiger partial charge on any atom is 0.221 e. The zero-order valence-corrected chi connectivity index (χ0v) is 16.0. The van der Waals surface area contributed by atoms with Gasteiger partial charge in [-0.05, 0) is 37.1 Å². The maximum absolute atomic E-state index is 12.3. The highest BCUT2D eigenvalue weighted by Gasteiger charge is 2.30. The smallest absolute Gasteiger partial charge is 0.221 e. The van der Waals surface area contributed by atoms with Crippen LogP contribution >= 0.6 is 11.3 Å². The highest BCUT2D eigenvalue weighted by Crippen LogP contribution is 2.34. The Morgan fingerprint density at radius 1 is 1.26 bits per heavy atom. The Kier molecular flexibility index (Phi) is 3.65. The molecule has 4 heterocycles. The van der Waals surface area contributed by atoms with Crippen molar-refractivity contribution in [2.75, 3.05) is 0 Å². The van der Waals surface area contributed by atoms with E-state index in [2.05, 4.69) is 46.9 Å². The molecule has 1 aliphatic heterocycles. The van der Waals surface area contributed by atoms with E-state index in [0.717, 1.165) is 27.6 Å². The van der Waals surface area contributed by atoms with Crippen LogP contribution in [0.2, 0.25) is 0 Å². The summed E-state index contributed by atoms with van der Waals surface area (Å²) in [6.45, 7) is 4.68. The quantitative estimate of drug-likeness (QED) is 0.583. The van der Waals surface area contributed by atoms with Gasteiger partial charge in [0.1, 0.15) is 0 Å². The first-order valence-corrected chi connectivity index (χ1v) is 9.81. The lowest BCUT2D eigenvalue weighted by atomic mass is 9.94. The van der Waals surface area contributed by atoms with Crippen LogP contribution in [0.1, 0.15) is 40.4 Å². The van der Waals surface area contributed by atoms with Crippen LogP contribution in [0.25, 0.3) is 10.6 Å².